The molecule has 2 aliphatic rings. The summed E-state index contributed by atoms with van der Waals surface area (Å²) in [5.74, 6) is 1.14. The Kier molecular flexibility index (Phi) is 3.37. The fourth-order valence-corrected chi connectivity index (χ4v) is 3.12. The van der Waals surface area contributed by atoms with Crippen molar-refractivity contribution in [1.29, 1.82) is 0 Å². The van der Waals surface area contributed by atoms with Gasteiger partial charge in [0.1, 0.15) is 5.82 Å². The summed E-state index contributed by atoms with van der Waals surface area (Å²) in [6.45, 7) is 4.19. The fourth-order valence-electron chi connectivity index (χ4n) is 3.12. The van der Waals surface area contributed by atoms with Crippen LogP contribution in [0.2, 0.25) is 0 Å². The third kappa shape index (κ3) is 1.96. The highest BCUT2D eigenvalue weighted by molar-refractivity contribution is 5.21. The molecule has 100 valence electrons. The van der Waals surface area contributed by atoms with E-state index in [2.05, 4.69) is 21.8 Å². The van der Waals surface area contributed by atoms with Gasteiger partial charge in [-0.2, -0.15) is 0 Å². The molecule has 1 aromatic heterocycles. The summed E-state index contributed by atoms with van der Waals surface area (Å²) in [6, 6.07) is 0.343. The molecular weight excluding hydrogens is 228 g/mol. The first-order valence-electron chi connectivity index (χ1n) is 6.91. The zero-order valence-electron chi connectivity index (χ0n) is 11.0. The highest BCUT2D eigenvalue weighted by atomic mass is 16.3. The van der Waals surface area contributed by atoms with E-state index in [4.69, 9.17) is 4.98 Å². The van der Waals surface area contributed by atoms with E-state index < -0.39 is 0 Å². The quantitative estimate of drug-likeness (QED) is 0.792. The second-order valence-electron chi connectivity index (χ2n) is 5.33. The number of nitrogens with one attached hydrogen (secondary N) is 1. The first kappa shape index (κ1) is 12.1. The lowest BCUT2D eigenvalue weighted by Crippen LogP contribution is -2.45. The van der Waals surface area contributed by atoms with Crippen molar-refractivity contribution in [3.63, 3.8) is 0 Å². The summed E-state index contributed by atoms with van der Waals surface area (Å²) >= 11 is 0. The molecular formula is C13H22N4O. The van der Waals surface area contributed by atoms with Crippen LogP contribution in [-0.2, 0) is 19.6 Å². The van der Waals surface area contributed by atoms with Crippen LogP contribution in [0.4, 0.5) is 0 Å². The minimum Gasteiger partial charge on any atom is -0.390 e. The number of fused-ring (bicyclic) bond motifs is 1. The van der Waals surface area contributed by atoms with Crippen LogP contribution in [0.5, 0.6) is 0 Å². The Morgan fingerprint density at radius 1 is 1.39 bits per heavy atom. The van der Waals surface area contributed by atoms with Crippen LogP contribution in [-0.4, -0.2) is 46.2 Å². The van der Waals surface area contributed by atoms with Crippen molar-refractivity contribution < 1.29 is 5.11 Å². The zero-order chi connectivity index (χ0) is 12.5. The van der Waals surface area contributed by atoms with Crippen LogP contribution in [0.25, 0.3) is 0 Å². The van der Waals surface area contributed by atoms with Crippen molar-refractivity contribution in [1.82, 2.24) is 19.8 Å². The van der Waals surface area contributed by atoms with Gasteiger partial charge in [-0.05, 0) is 26.3 Å². The van der Waals surface area contributed by atoms with Gasteiger partial charge in [0, 0.05) is 31.9 Å². The van der Waals surface area contributed by atoms with Crippen LogP contribution < -0.4 is 5.32 Å². The summed E-state index contributed by atoms with van der Waals surface area (Å²) in [7, 11) is 2.16. The normalized spacial score (nSPS) is 25.1. The molecule has 0 spiro atoms. The maximum atomic E-state index is 9.47. The lowest BCUT2D eigenvalue weighted by atomic mass is 10.1. The zero-order valence-corrected chi connectivity index (χ0v) is 11.0. The Hall–Kier alpha value is -0.910. The van der Waals surface area contributed by atoms with E-state index in [9.17, 15) is 5.11 Å². The van der Waals surface area contributed by atoms with E-state index in [1.165, 1.54) is 18.5 Å². The SMILES string of the molecule is CN1CCNCC1c1nc(CO)c2n1CCCC2. The molecule has 0 saturated carbocycles. The molecule has 1 fully saturated rings. The Morgan fingerprint density at radius 3 is 3.06 bits per heavy atom. The third-order valence-electron chi connectivity index (χ3n) is 4.19. The molecule has 0 aliphatic carbocycles. The smallest absolute Gasteiger partial charge is 0.128 e. The summed E-state index contributed by atoms with van der Waals surface area (Å²) in [5.41, 5.74) is 2.15. The second-order valence-corrected chi connectivity index (χ2v) is 5.33. The minimum absolute atomic E-state index is 0.0686. The standard InChI is InChI=1S/C13H22N4O/c1-16-7-5-14-8-12(16)13-15-10(9-18)11-4-2-3-6-17(11)13/h12,14,18H,2-9H2,1H3. The molecule has 1 unspecified atom stereocenters. The molecule has 1 aromatic rings. The molecule has 3 heterocycles. The van der Waals surface area contributed by atoms with Crippen molar-refractivity contribution >= 4 is 0 Å². The van der Waals surface area contributed by atoms with Gasteiger partial charge in [-0.1, -0.05) is 0 Å². The molecule has 2 aliphatic heterocycles. The molecule has 0 amide bonds. The summed E-state index contributed by atoms with van der Waals surface area (Å²) < 4.78 is 2.35. The van der Waals surface area contributed by atoms with E-state index in [1.54, 1.807) is 0 Å². The van der Waals surface area contributed by atoms with Gasteiger partial charge in [-0.25, -0.2) is 4.98 Å². The lowest BCUT2D eigenvalue weighted by molar-refractivity contribution is 0.188. The number of hydrogen-bond donors (Lipinski definition) is 2. The van der Waals surface area contributed by atoms with Crippen molar-refractivity contribution in [2.24, 2.45) is 0 Å². The van der Waals surface area contributed by atoms with Crippen molar-refractivity contribution in [2.45, 2.75) is 38.5 Å². The van der Waals surface area contributed by atoms with Crippen LogP contribution >= 0.6 is 0 Å². The number of rotatable bonds is 2. The van der Waals surface area contributed by atoms with Gasteiger partial charge in [0.15, 0.2) is 0 Å². The highest BCUT2D eigenvalue weighted by Gasteiger charge is 2.28. The lowest BCUT2D eigenvalue weighted by Gasteiger charge is -2.33. The van der Waals surface area contributed by atoms with Crippen LogP contribution in [0.3, 0.4) is 0 Å². The summed E-state index contributed by atoms with van der Waals surface area (Å²) in [4.78, 5) is 7.08. The summed E-state index contributed by atoms with van der Waals surface area (Å²) in [5, 5.41) is 12.9. The Bertz CT molecular complexity index is 429. The Balaban J connectivity index is 1.98. The number of aromatic nitrogens is 2. The van der Waals surface area contributed by atoms with Crippen molar-refractivity contribution in [2.75, 3.05) is 26.7 Å². The molecule has 0 radical (unpaired) electrons. The van der Waals surface area contributed by atoms with E-state index in [0.29, 0.717) is 6.04 Å². The third-order valence-corrected chi connectivity index (χ3v) is 4.19. The number of imidazole rings is 1. The van der Waals surface area contributed by atoms with Crippen LogP contribution in [0, 0.1) is 0 Å². The highest BCUT2D eigenvalue weighted by Crippen LogP contribution is 2.27. The topological polar surface area (TPSA) is 53.3 Å². The van der Waals surface area contributed by atoms with Gasteiger partial charge in [-0.15, -0.1) is 0 Å². The van der Waals surface area contributed by atoms with E-state index in [0.717, 1.165) is 44.1 Å². The van der Waals surface area contributed by atoms with Crippen molar-refractivity contribution in [3.8, 4) is 0 Å². The predicted octanol–water partition coefficient (Wildman–Crippen LogP) is 0.288. The van der Waals surface area contributed by atoms with Crippen LogP contribution in [0.15, 0.2) is 0 Å². The molecule has 18 heavy (non-hydrogen) atoms. The monoisotopic (exact) mass is 250 g/mol. The molecule has 5 nitrogen and oxygen atoms in total. The van der Waals surface area contributed by atoms with E-state index >= 15 is 0 Å². The average Bonchev–Trinajstić information content (AvgIpc) is 2.78. The first-order valence-corrected chi connectivity index (χ1v) is 6.91. The molecule has 0 aromatic carbocycles. The summed E-state index contributed by atoms with van der Waals surface area (Å²) in [6.07, 6.45) is 3.51. The van der Waals surface area contributed by atoms with Gasteiger partial charge in [0.25, 0.3) is 0 Å². The second kappa shape index (κ2) is 4.99. The van der Waals surface area contributed by atoms with Gasteiger partial charge in [0.2, 0.25) is 0 Å². The molecule has 1 atom stereocenters. The fraction of sp³-hybridized carbons (Fsp3) is 0.769. The molecule has 0 bridgehead atoms. The molecule has 1 saturated heterocycles. The number of likely N-dealkylation sites (N-methyl/N-ethyl adjacent to an activating group) is 1. The minimum atomic E-state index is 0.0686. The van der Waals surface area contributed by atoms with Gasteiger partial charge in [-0.3, -0.25) is 4.90 Å². The predicted molar refractivity (Wildman–Crippen MR) is 69.3 cm³/mol. The largest absolute Gasteiger partial charge is 0.390 e. The number of aliphatic hydroxyl groups excluding tert-OH is 1. The Labute approximate surface area is 108 Å². The maximum Gasteiger partial charge on any atom is 0.128 e. The van der Waals surface area contributed by atoms with Gasteiger partial charge < -0.3 is 15.0 Å². The van der Waals surface area contributed by atoms with E-state index in [-0.39, 0.29) is 6.61 Å². The average molecular weight is 250 g/mol. The Morgan fingerprint density at radius 2 is 2.28 bits per heavy atom. The molecule has 2 N–H and O–H groups in total. The first-order chi connectivity index (χ1) is 8.81. The molecule has 5 heteroatoms. The maximum absolute atomic E-state index is 9.47. The van der Waals surface area contributed by atoms with Gasteiger partial charge in [0.05, 0.1) is 18.3 Å². The van der Waals surface area contributed by atoms with Crippen molar-refractivity contribution in [3.05, 3.63) is 17.2 Å². The van der Waals surface area contributed by atoms with Gasteiger partial charge >= 0.3 is 0 Å². The number of nitrogens with zero attached hydrogens (tertiary/aromatic N) is 3. The molecule has 3 rings (SSSR count). The van der Waals surface area contributed by atoms with E-state index in [1.807, 2.05) is 0 Å². The number of piperazine rings is 1. The van der Waals surface area contributed by atoms with Crippen LogP contribution in [0.1, 0.15) is 36.1 Å². The number of hydrogen-bond acceptors (Lipinski definition) is 4. The number of aliphatic hydroxyl groups is 1.